The molecule has 39 heavy (non-hydrogen) atoms. The number of nitrogens with one attached hydrogen (secondary N) is 1. The summed E-state index contributed by atoms with van der Waals surface area (Å²) < 4.78 is 1.52. The Bertz CT molecular complexity index is 1370. The molecule has 3 heterocycles. The molecule has 0 atom stereocenters. The molecule has 1 aromatic heterocycles. The van der Waals surface area contributed by atoms with Crippen LogP contribution in [-0.4, -0.2) is 63.6 Å². The van der Waals surface area contributed by atoms with Crippen LogP contribution in [-0.2, 0) is 17.9 Å². The Morgan fingerprint density at radius 1 is 0.974 bits per heavy atom. The van der Waals surface area contributed by atoms with Gasteiger partial charge in [0.2, 0.25) is 5.91 Å². The molecule has 0 radical (unpaired) electrons. The van der Waals surface area contributed by atoms with Gasteiger partial charge in [-0.05, 0) is 68.1 Å². The molecular formula is C30H34ClN5O3. The van der Waals surface area contributed by atoms with E-state index in [0.717, 1.165) is 63.0 Å². The molecule has 0 unspecified atom stereocenters. The van der Waals surface area contributed by atoms with Crippen molar-refractivity contribution in [2.45, 2.75) is 51.2 Å². The zero-order valence-corrected chi connectivity index (χ0v) is 22.8. The Morgan fingerprint density at radius 3 is 2.51 bits per heavy atom. The predicted octanol–water partition coefficient (Wildman–Crippen LogP) is 3.97. The van der Waals surface area contributed by atoms with E-state index in [2.05, 4.69) is 20.2 Å². The third-order valence-electron chi connectivity index (χ3n) is 7.64. The average Bonchev–Trinajstić information content (AvgIpc) is 3.40. The molecule has 8 nitrogen and oxygen atoms in total. The summed E-state index contributed by atoms with van der Waals surface area (Å²) in [6.45, 7) is 4.57. The van der Waals surface area contributed by atoms with Crippen molar-refractivity contribution in [2.24, 2.45) is 0 Å². The summed E-state index contributed by atoms with van der Waals surface area (Å²) in [5.41, 5.74) is 2.74. The minimum absolute atomic E-state index is 0.130. The summed E-state index contributed by atoms with van der Waals surface area (Å²) in [7, 11) is 0. The Morgan fingerprint density at radius 2 is 1.77 bits per heavy atom. The smallest absolute Gasteiger partial charge is 0.266 e. The second-order valence-corrected chi connectivity index (χ2v) is 10.7. The van der Waals surface area contributed by atoms with Crippen LogP contribution in [0.5, 0.6) is 0 Å². The molecule has 0 saturated carbocycles. The van der Waals surface area contributed by atoms with Crippen molar-refractivity contribution in [3.05, 3.63) is 87.2 Å². The first kappa shape index (κ1) is 27.1. The second kappa shape index (κ2) is 12.6. The Kier molecular flexibility index (Phi) is 8.74. The van der Waals surface area contributed by atoms with Gasteiger partial charge in [0, 0.05) is 67.4 Å². The van der Waals surface area contributed by atoms with Crippen molar-refractivity contribution in [2.75, 3.05) is 26.2 Å². The number of piperidine rings is 1. The third-order valence-corrected chi connectivity index (χ3v) is 8.00. The number of carbonyl (C=O) groups is 2. The van der Waals surface area contributed by atoms with Gasteiger partial charge in [-0.1, -0.05) is 35.9 Å². The van der Waals surface area contributed by atoms with Crippen LogP contribution in [0.25, 0.3) is 11.3 Å². The molecule has 9 heteroatoms. The van der Waals surface area contributed by atoms with Gasteiger partial charge in [0.15, 0.2) is 0 Å². The number of hydrogen-bond acceptors (Lipinski definition) is 5. The lowest BCUT2D eigenvalue weighted by Crippen LogP contribution is -2.45. The minimum Gasteiger partial charge on any atom is -0.348 e. The Hall–Kier alpha value is -3.49. The van der Waals surface area contributed by atoms with E-state index in [1.165, 1.54) is 4.68 Å². The highest BCUT2D eigenvalue weighted by Crippen LogP contribution is 2.24. The maximum Gasteiger partial charge on any atom is 0.266 e. The van der Waals surface area contributed by atoms with Crippen molar-refractivity contribution in [3.63, 3.8) is 0 Å². The maximum atomic E-state index is 12.5. The highest BCUT2D eigenvalue weighted by atomic mass is 35.5. The number of aromatic nitrogens is 2. The first-order chi connectivity index (χ1) is 19.0. The van der Waals surface area contributed by atoms with Crippen LogP contribution >= 0.6 is 11.6 Å². The molecule has 1 N–H and O–H groups in total. The summed E-state index contributed by atoms with van der Waals surface area (Å²) in [4.78, 5) is 41.5. The predicted molar refractivity (Wildman–Crippen MR) is 152 cm³/mol. The molecule has 0 aliphatic carbocycles. The second-order valence-electron chi connectivity index (χ2n) is 10.3. The normalized spacial score (nSPS) is 16.5. The van der Waals surface area contributed by atoms with Crippen molar-refractivity contribution < 1.29 is 9.59 Å². The monoisotopic (exact) mass is 547 g/mol. The van der Waals surface area contributed by atoms with Crippen LogP contribution in [0.4, 0.5) is 0 Å². The summed E-state index contributed by atoms with van der Waals surface area (Å²) in [5.74, 6) is 0.140. The van der Waals surface area contributed by atoms with E-state index >= 15 is 0 Å². The zero-order valence-electron chi connectivity index (χ0n) is 22.0. The number of hydrogen-bond donors (Lipinski definition) is 1. The lowest BCUT2D eigenvalue weighted by molar-refractivity contribution is -0.130. The van der Waals surface area contributed by atoms with Crippen LogP contribution < -0.4 is 10.9 Å². The van der Waals surface area contributed by atoms with Crippen molar-refractivity contribution in [3.8, 4) is 11.3 Å². The number of carbonyl (C=O) groups excluding carboxylic acids is 2. The van der Waals surface area contributed by atoms with Gasteiger partial charge >= 0.3 is 0 Å². The number of likely N-dealkylation sites (tertiary alicyclic amines) is 2. The van der Waals surface area contributed by atoms with E-state index in [1.54, 1.807) is 30.3 Å². The lowest BCUT2D eigenvalue weighted by Gasteiger charge is -2.36. The standard InChI is InChI=1S/C30H34ClN5O3/c31-26-10-9-23(20-24(26)21-32-30(39)22-6-2-1-3-7-22)27-11-12-29(38)36(33-27)17-5-15-34-18-13-25(14-19-34)35-16-4-8-28(35)37/h1-3,6-7,9-12,20,25H,4-5,8,13-19,21H2,(H,32,39). The highest BCUT2D eigenvalue weighted by Gasteiger charge is 2.30. The molecule has 2 saturated heterocycles. The SMILES string of the molecule is O=C(NCc1cc(-c2ccc(=O)n(CCCN3CCC(N4CCCC4=O)CC3)n2)ccc1Cl)c1ccccc1. The van der Waals surface area contributed by atoms with Crippen LogP contribution in [0, 0.1) is 0 Å². The largest absolute Gasteiger partial charge is 0.348 e. The van der Waals surface area contributed by atoms with E-state index in [1.807, 2.05) is 30.3 Å². The third kappa shape index (κ3) is 6.75. The molecule has 5 rings (SSSR count). The molecular weight excluding hydrogens is 514 g/mol. The molecule has 0 spiro atoms. The van der Waals surface area contributed by atoms with Gasteiger partial charge in [0.1, 0.15) is 0 Å². The average molecular weight is 548 g/mol. The fraction of sp³-hybridized carbons (Fsp3) is 0.400. The summed E-state index contributed by atoms with van der Waals surface area (Å²) in [5, 5.41) is 8.09. The van der Waals surface area contributed by atoms with Crippen molar-refractivity contribution in [1.82, 2.24) is 24.9 Å². The van der Waals surface area contributed by atoms with E-state index in [-0.39, 0.29) is 18.0 Å². The Labute approximate surface area is 233 Å². The van der Waals surface area contributed by atoms with Gasteiger partial charge in [-0.3, -0.25) is 14.4 Å². The number of nitrogens with zero attached hydrogens (tertiary/aromatic N) is 4. The molecule has 2 aliphatic heterocycles. The lowest BCUT2D eigenvalue weighted by atomic mass is 10.0. The quantitative estimate of drug-likeness (QED) is 0.438. The fourth-order valence-corrected chi connectivity index (χ4v) is 5.64. The van der Waals surface area contributed by atoms with Gasteiger partial charge in [0.25, 0.3) is 11.5 Å². The fourth-order valence-electron chi connectivity index (χ4n) is 5.45. The summed E-state index contributed by atoms with van der Waals surface area (Å²) in [6.07, 6.45) is 4.54. The van der Waals surface area contributed by atoms with Gasteiger partial charge < -0.3 is 15.1 Å². The number of aryl methyl sites for hydroxylation is 1. The van der Waals surface area contributed by atoms with Gasteiger partial charge in [-0.25, -0.2) is 4.68 Å². The number of amides is 2. The number of halogens is 1. The number of benzene rings is 2. The highest BCUT2D eigenvalue weighted by molar-refractivity contribution is 6.31. The summed E-state index contributed by atoms with van der Waals surface area (Å²) >= 11 is 6.41. The van der Waals surface area contributed by atoms with Crippen LogP contribution in [0.3, 0.4) is 0 Å². The van der Waals surface area contributed by atoms with Crippen LogP contribution in [0.2, 0.25) is 5.02 Å². The van der Waals surface area contributed by atoms with Crippen molar-refractivity contribution in [1.29, 1.82) is 0 Å². The maximum absolute atomic E-state index is 12.5. The molecule has 2 aromatic carbocycles. The molecule has 2 aliphatic rings. The van der Waals surface area contributed by atoms with E-state index in [9.17, 15) is 14.4 Å². The molecule has 2 fully saturated rings. The van der Waals surface area contributed by atoms with E-state index in [0.29, 0.717) is 41.2 Å². The number of rotatable bonds is 9. The van der Waals surface area contributed by atoms with E-state index in [4.69, 9.17) is 11.6 Å². The topological polar surface area (TPSA) is 87.5 Å². The Balaban J connectivity index is 1.16. The van der Waals surface area contributed by atoms with Crippen LogP contribution in [0.1, 0.15) is 48.0 Å². The molecule has 2 amide bonds. The molecule has 204 valence electrons. The first-order valence-corrected chi connectivity index (χ1v) is 14.1. The van der Waals surface area contributed by atoms with Gasteiger partial charge in [0.05, 0.1) is 5.69 Å². The van der Waals surface area contributed by atoms with Crippen molar-refractivity contribution >= 4 is 23.4 Å². The van der Waals surface area contributed by atoms with Gasteiger partial charge in [-0.15, -0.1) is 0 Å². The van der Waals surface area contributed by atoms with Crippen LogP contribution in [0.15, 0.2) is 65.5 Å². The molecule has 3 aromatic rings. The minimum atomic E-state index is -0.169. The zero-order chi connectivity index (χ0) is 27.2. The molecule has 0 bridgehead atoms. The first-order valence-electron chi connectivity index (χ1n) is 13.7. The summed E-state index contributed by atoms with van der Waals surface area (Å²) in [6, 6.07) is 18.3. The van der Waals surface area contributed by atoms with Gasteiger partial charge in [-0.2, -0.15) is 5.10 Å². The van der Waals surface area contributed by atoms with E-state index < -0.39 is 0 Å².